The van der Waals surface area contributed by atoms with Gasteiger partial charge in [-0.1, -0.05) is 19.9 Å². The molecule has 0 heterocycles. The Morgan fingerprint density at radius 3 is 2.28 bits per heavy atom. The summed E-state index contributed by atoms with van der Waals surface area (Å²) in [4.78, 5) is 25.6. The third-order valence-electron chi connectivity index (χ3n) is 3.83. The van der Waals surface area contributed by atoms with Crippen LogP contribution in [0.4, 0.5) is 0 Å². The second kappa shape index (κ2) is 10.6. The van der Waals surface area contributed by atoms with Gasteiger partial charge in [0, 0.05) is 19.5 Å². The smallest absolute Gasteiger partial charge is 0.307 e. The van der Waals surface area contributed by atoms with Crippen molar-refractivity contribution in [2.24, 2.45) is 5.92 Å². The van der Waals surface area contributed by atoms with Crippen LogP contribution in [-0.4, -0.2) is 51.2 Å². The lowest BCUT2D eigenvalue weighted by Gasteiger charge is -2.24. The van der Waals surface area contributed by atoms with E-state index in [1.807, 2.05) is 32.0 Å². The van der Waals surface area contributed by atoms with Crippen LogP contribution >= 0.6 is 0 Å². The predicted octanol–water partition coefficient (Wildman–Crippen LogP) is 2.68. The number of ether oxygens (including phenoxy) is 3. The highest BCUT2D eigenvalue weighted by Gasteiger charge is 2.17. The number of amides is 1. The molecule has 6 nitrogen and oxygen atoms in total. The minimum Gasteiger partial charge on any atom is -0.493 e. The zero-order valence-corrected chi connectivity index (χ0v) is 15.8. The zero-order chi connectivity index (χ0) is 18.8. The first-order valence-corrected chi connectivity index (χ1v) is 8.46. The van der Waals surface area contributed by atoms with Crippen LogP contribution in [0.15, 0.2) is 18.2 Å². The molecule has 0 aliphatic carbocycles. The van der Waals surface area contributed by atoms with Gasteiger partial charge in [-0.05, 0) is 30.0 Å². The molecular formula is C19H29NO5. The monoisotopic (exact) mass is 351 g/mol. The van der Waals surface area contributed by atoms with Crippen LogP contribution in [0.5, 0.6) is 11.5 Å². The number of nitrogens with zero attached hydrogens (tertiary/aromatic N) is 1. The lowest BCUT2D eigenvalue weighted by atomic mass is 10.1. The molecule has 0 spiro atoms. The second-order valence-corrected chi connectivity index (χ2v) is 6.25. The summed E-state index contributed by atoms with van der Waals surface area (Å²) in [7, 11) is 4.53. The highest BCUT2D eigenvalue weighted by molar-refractivity contribution is 5.77. The molecule has 0 atom stereocenters. The minimum atomic E-state index is -0.304. The molecule has 25 heavy (non-hydrogen) atoms. The van der Waals surface area contributed by atoms with Gasteiger partial charge in [0.1, 0.15) is 0 Å². The molecule has 1 aromatic carbocycles. The topological polar surface area (TPSA) is 65.1 Å². The third-order valence-corrected chi connectivity index (χ3v) is 3.83. The average Bonchev–Trinajstić information content (AvgIpc) is 2.61. The molecule has 0 aromatic heterocycles. The first-order valence-electron chi connectivity index (χ1n) is 8.46. The molecular weight excluding hydrogens is 322 g/mol. The van der Waals surface area contributed by atoms with Crippen molar-refractivity contribution in [2.45, 2.75) is 33.1 Å². The van der Waals surface area contributed by atoms with Gasteiger partial charge in [0.15, 0.2) is 11.5 Å². The number of carbonyl (C=O) groups is 2. The summed E-state index contributed by atoms with van der Waals surface area (Å²) in [6.45, 7) is 5.11. The summed E-state index contributed by atoms with van der Waals surface area (Å²) in [6, 6.07) is 5.64. The molecule has 0 saturated carbocycles. The van der Waals surface area contributed by atoms with Crippen molar-refractivity contribution in [3.63, 3.8) is 0 Å². The van der Waals surface area contributed by atoms with Crippen molar-refractivity contribution >= 4 is 11.9 Å². The van der Waals surface area contributed by atoms with Crippen LogP contribution in [-0.2, 0) is 20.7 Å². The van der Waals surface area contributed by atoms with Gasteiger partial charge < -0.3 is 19.1 Å². The normalized spacial score (nSPS) is 10.5. The molecule has 0 aliphatic heterocycles. The van der Waals surface area contributed by atoms with Crippen molar-refractivity contribution in [3.8, 4) is 11.5 Å². The number of aryl methyl sites for hydroxylation is 1. The quantitative estimate of drug-likeness (QED) is 0.607. The molecule has 0 N–H and O–H groups in total. The average molecular weight is 351 g/mol. The Balaban J connectivity index is 2.68. The van der Waals surface area contributed by atoms with E-state index < -0.39 is 0 Å². The number of methoxy groups -OCH3 is 3. The maximum Gasteiger partial charge on any atom is 0.307 e. The van der Waals surface area contributed by atoms with E-state index >= 15 is 0 Å². The van der Waals surface area contributed by atoms with E-state index in [-0.39, 0.29) is 18.3 Å². The first-order chi connectivity index (χ1) is 11.9. The third kappa shape index (κ3) is 7.03. The summed E-state index contributed by atoms with van der Waals surface area (Å²) in [5, 5.41) is 0. The summed E-state index contributed by atoms with van der Waals surface area (Å²) in [5.74, 6) is 1.38. The summed E-state index contributed by atoms with van der Waals surface area (Å²) < 4.78 is 15.2. The van der Waals surface area contributed by atoms with Gasteiger partial charge in [0.05, 0.1) is 27.8 Å². The maximum absolute atomic E-state index is 12.5. The molecule has 0 fully saturated rings. The molecule has 140 valence electrons. The number of esters is 1. The van der Waals surface area contributed by atoms with Gasteiger partial charge in [-0.3, -0.25) is 9.59 Å². The summed E-state index contributed by atoms with van der Waals surface area (Å²) in [5.41, 5.74) is 1.00. The van der Waals surface area contributed by atoms with Crippen molar-refractivity contribution in [2.75, 3.05) is 34.4 Å². The summed E-state index contributed by atoms with van der Waals surface area (Å²) >= 11 is 0. The van der Waals surface area contributed by atoms with Crippen LogP contribution < -0.4 is 9.47 Å². The van der Waals surface area contributed by atoms with Crippen LogP contribution in [0.25, 0.3) is 0 Å². The van der Waals surface area contributed by atoms with E-state index in [9.17, 15) is 9.59 Å². The van der Waals surface area contributed by atoms with Crippen molar-refractivity contribution < 1.29 is 23.8 Å². The maximum atomic E-state index is 12.5. The fourth-order valence-electron chi connectivity index (χ4n) is 2.53. The molecule has 0 radical (unpaired) electrons. The van der Waals surface area contributed by atoms with Crippen LogP contribution in [0, 0.1) is 5.92 Å². The van der Waals surface area contributed by atoms with Crippen molar-refractivity contribution in [1.82, 2.24) is 4.90 Å². The Hall–Kier alpha value is -2.24. The predicted molar refractivity (Wildman–Crippen MR) is 95.9 cm³/mol. The number of hydrogen-bond acceptors (Lipinski definition) is 5. The van der Waals surface area contributed by atoms with Crippen molar-refractivity contribution in [3.05, 3.63) is 23.8 Å². The SMILES string of the molecule is COC(=O)CCN(CC(C)C)C(=O)CCc1ccc(OC)c(OC)c1. The molecule has 6 heteroatoms. The van der Waals surface area contributed by atoms with E-state index in [1.165, 1.54) is 7.11 Å². The Kier molecular flexibility index (Phi) is 8.81. The van der Waals surface area contributed by atoms with Gasteiger partial charge in [-0.15, -0.1) is 0 Å². The van der Waals surface area contributed by atoms with Gasteiger partial charge in [-0.2, -0.15) is 0 Å². The van der Waals surface area contributed by atoms with Crippen LogP contribution in [0.3, 0.4) is 0 Å². The molecule has 0 aliphatic rings. The Bertz CT molecular complexity index is 571. The van der Waals surface area contributed by atoms with Gasteiger partial charge in [0.25, 0.3) is 0 Å². The molecule has 0 bridgehead atoms. The molecule has 1 rings (SSSR count). The van der Waals surface area contributed by atoms with Crippen LogP contribution in [0.1, 0.15) is 32.3 Å². The van der Waals surface area contributed by atoms with Gasteiger partial charge in [0.2, 0.25) is 5.91 Å². The highest BCUT2D eigenvalue weighted by Crippen LogP contribution is 2.28. The lowest BCUT2D eigenvalue weighted by molar-refractivity contribution is -0.141. The number of rotatable bonds is 10. The largest absolute Gasteiger partial charge is 0.493 e. The van der Waals surface area contributed by atoms with Crippen molar-refractivity contribution in [1.29, 1.82) is 0 Å². The Labute approximate surface area is 150 Å². The molecule has 1 amide bonds. The van der Waals surface area contributed by atoms with E-state index in [4.69, 9.17) is 9.47 Å². The molecule has 0 saturated heterocycles. The standard InChI is InChI=1S/C19H29NO5/c1-14(2)13-20(11-10-19(22)25-5)18(21)9-7-15-6-8-16(23-3)17(12-15)24-4/h6,8,12,14H,7,9-11,13H2,1-5H3. The number of hydrogen-bond donors (Lipinski definition) is 0. The van der Waals surface area contributed by atoms with Gasteiger partial charge >= 0.3 is 5.97 Å². The van der Waals surface area contributed by atoms with Gasteiger partial charge in [-0.25, -0.2) is 0 Å². The van der Waals surface area contributed by atoms with E-state index in [0.717, 1.165) is 5.56 Å². The highest BCUT2D eigenvalue weighted by atomic mass is 16.5. The number of carbonyl (C=O) groups excluding carboxylic acids is 2. The second-order valence-electron chi connectivity index (χ2n) is 6.25. The van der Waals surface area contributed by atoms with E-state index in [1.54, 1.807) is 19.1 Å². The van der Waals surface area contributed by atoms with Crippen LogP contribution in [0.2, 0.25) is 0 Å². The van der Waals surface area contributed by atoms with E-state index in [2.05, 4.69) is 4.74 Å². The molecule has 0 unspecified atom stereocenters. The Morgan fingerprint density at radius 2 is 1.72 bits per heavy atom. The Morgan fingerprint density at radius 1 is 1.04 bits per heavy atom. The van der Waals surface area contributed by atoms with E-state index in [0.29, 0.717) is 43.3 Å². The minimum absolute atomic E-state index is 0.0346. The summed E-state index contributed by atoms with van der Waals surface area (Å²) in [6.07, 6.45) is 1.20. The first kappa shape index (κ1) is 20.8. The molecule has 1 aromatic rings. The fourth-order valence-corrected chi connectivity index (χ4v) is 2.53. The fraction of sp³-hybridized carbons (Fsp3) is 0.579. The lowest BCUT2D eigenvalue weighted by Crippen LogP contribution is -2.36. The number of benzene rings is 1. The zero-order valence-electron chi connectivity index (χ0n) is 15.8.